The van der Waals surface area contributed by atoms with Crippen LogP contribution in [0.15, 0.2) is 218 Å². The maximum atomic E-state index is 2.42. The summed E-state index contributed by atoms with van der Waals surface area (Å²) in [5.41, 5.74) is 11.5. The van der Waals surface area contributed by atoms with Gasteiger partial charge in [-0.1, -0.05) is 158 Å². The zero-order valence-corrected chi connectivity index (χ0v) is 29.7. The highest BCUT2D eigenvalue weighted by atomic mass is 15.2. The summed E-state index contributed by atoms with van der Waals surface area (Å²) in [5, 5.41) is 7.41. The van der Waals surface area contributed by atoms with Gasteiger partial charge in [0.1, 0.15) is 0 Å². The van der Waals surface area contributed by atoms with E-state index in [1.165, 1.54) is 54.6 Å². The predicted octanol–water partition coefficient (Wildman–Crippen LogP) is 14.9. The Morgan fingerprint density at radius 3 is 0.852 bits per heavy atom. The molecule has 0 unspecified atom stereocenters. The fourth-order valence-corrected chi connectivity index (χ4v) is 8.20. The van der Waals surface area contributed by atoms with Gasteiger partial charge in [-0.25, -0.2) is 0 Å². The zero-order valence-electron chi connectivity index (χ0n) is 29.7. The van der Waals surface area contributed by atoms with E-state index in [1.807, 2.05) is 0 Å². The van der Waals surface area contributed by atoms with Gasteiger partial charge in [0.05, 0.1) is 11.4 Å². The van der Waals surface area contributed by atoms with Gasteiger partial charge in [-0.3, -0.25) is 0 Å². The summed E-state index contributed by atoms with van der Waals surface area (Å²) < 4.78 is 0. The monoisotopic (exact) mass is 688 g/mol. The van der Waals surface area contributed by atoms with Gasteiger partial charge in [-0.05, 0) is 99.1 Å². The molecule has 10 aromatic rings. The van der Waals surface area contributed by atoms with Crippen molar-refractivity contribution in [3.05, 3.63) is 218 Å². The van der Waals surface area contributed by atoms with Crippen molar-refractivity contribution in [3.8, 4) is 22.3 Å². The molecule has 0 aromatic heterocycles. The summed E-state index contributed by atoms with van der Waals surface area (Å²) >= 11 is 0. The van der Waals surface area contributed by atoms with Gasteiger partial charge in [0.2, 0.25) is 0 Å². The maximum Gasteiger partial charge on any atom is 0.0561 e. The summed E-state index contributed by atoms with van der Waals surface area (Å²) in [6, 6.07) is 78.9. The molecule has 2 heteroatoms. The van der Waals surface area contributed by atoms with Crippen LogP contribution in [0.1, 0.15) is 0 Å². The first-order valence-corrected chi connectivity index (χ1v) is 18.5. The van der Waals surface area contributed by atoms with Crippen LogP contribution in [0.4, 0.5) is 34.1 Å². The molecule has 0 aliphatic carbocycles. The van der Waals surface area contributed by atoms with Gasteiger partial charge < -0.3 is 9.80 Å². The Balaban J connectivity index is 1.40. The average Bonchev–Trinajstić information content (AvgIpc) is 3.25. The lowest BCUT2D eigenvalue weighted by Crippen LogP contribution is -2.14. The lowest BCUT2D eigenvalue weighted by atomic mass is 9.84. The van der Waals surface area contributed by atoms with Gasteiger partial charge in [0.15, 0.2) is 0 Å². The first kappa shape index (κ1) is 31.6. The Morgan fingerprint density at radius 1 is 0.241 bits per heavy atom. The Bertz CT molecular complexity index is 2570. The quantitative estimate of drug-likeness (QED) is 0.147. The molecule has 0 N–H and O–H groups in total. The van der Waals surface area contributed by atoms with E-state index in [1.54, 1.807) is 0 Å². The molecule has 0 radical (unpaired) electrons. The van der Waals surface area contributed by atoms with E-state index in [9.17, 15) is 0 Å². The molecule has 0 spiro atoms. The molecule has 0 bridgehead atoms. The normalized spacial score (nSPS) is 11.3. The minimum atomic E-state index is 1.10. The van der Waals surface area contributed by atoms with Crippen LogP contribution in [0.25, 0.3) is 54.6 Å². The van der Waals surface area contributed by atoms with Gasteiger partial charge >= 0.3 is 0 Å². The molecule has 254 valence electrons. The van der Waals surface area contributed by atoms with Crippen LogP contribution in [-0.2, 0) is 0 Å². The first-order valence-electron chi connectivity index (χ1n) is 18.5. The number of hydrogen-bond donors (Lipinski definition) is 0. The smallest absolute Gasteiger partial charge is 0.0561 e. The Morgan fingerprint density at radius 2 is 0.519 bits per heavy atom. The standard InChI is InChI=1S/C52H36N2/c1-7-19-37(20-8-1)47-35-48(38-21-9-2-10-22-38)44-32-34-46-50(54(41-27-15-5-16-28-41)42-29-17-6-18-30-42)36-49(45-33-31-43(47)51(44)52(45)46)53(39-23-11-3-12-24-39)40-25-13-4-14-26-40/h1-36H. The summed E-state index contributed by atoms with van der Waals surface area (Å²) in [5.74, 6) is 0. The van der Waals surface area contributed by atoms with E-state index in [0.29, 0.717) is 0 Å². The molecule has 0 saturated carbocycles. The number of anilines is 6. The molecule has 0 fully saturated rings. The molecule has 0 aliphatic rings. The maximum absolute atomic E-state index is 2.42. The minimum Gasteiger partial charge on any atom is -0.310 e. The molecular weight excluding hydrogens is 653 g/mol. The van der Waals surface area contributed by atoms with Crippen molar-refractivity contribution >= 4 is 66.4 Å². The number of nitrogens with zero attached hydrogens (tertiary/aromatic N) is 2. The van der Waals surface area contributed by atoms with E-state index in [2.05, 4.69) is 228 Å². The van der Waals surface area contributed by atoms with Crippen LogP contribution >= 0.6 is 0 Å². The molecule has 10 rings (SSSR count). The third kappa shape index (κ3) is 5.36. The van der Waals surface area contributed by atoms with Crippen molar-refractivity contribution in [3.63, 3.8) is 0 Å². The van der Waals surface area contributed by atoms with Crippen LogP contribution in [0.2, 0.25) is 0 Å². The van der Waals surface area contributed by atoms with Gasteiger partial charge in [0.25, 0.3) is 0 Å². The third-order valence-corrected chi connectivity index (χ3v) is 10.6. The second-order valence-corrected chi connectivity index (χ2v) is 13.7. The Kier molecular flexibility index (Phi) is 7.85. The summed E-state index contributed by atoms with van der Waals surface area (Å²) in [7, 11) is 0. The fraction of sp³-hybridized carbons (Fsp3) is 0. The predicted molar refractivity (Wildman–Crippen MR) is 230 cm³/mol. The highest BCUT2D eigenvalue weighted by Gasteiger charge is 2.26. The zero-order chi connectivity index (χ0) is 35.8. The highest BCUT2D eigenvalue weighted by Crippen LogP contribution is 2.52. The molecule has 0 atom stereocenters. The van der Waals surface area contributed by atoms with E-state index in [-0.39, 0.29) is 0 Å². The van der Waals surface area contributed by atoms with Crippen LogP contribution in [0, 0.1) is 0 Å². The molecule has 0 aliphatic heterocycles. The molecule has 54 heavy (non-hydrogen) atoms. The molecular formula is C52H36N2. The lowest BCUT2D eigenvalue weighted by Gasteiger charge is -2.32. The fourth-order valence-electron chi connectivity index (χ4n) is 8.20. The SMILES string of the molecule is c1ccc(-c2cc(-c3ccccc3)c3ccc4c(N(c5ccccc5)c5ccccc5)cc(N(c5ccccc5)c5ccccc5)c5ccc2c3c54)cc1. The second-order valence-electron chi connectivity index (χ2n) is 13.7. The lowest BCUT2D eigenvalue weighted by molar-refractivity contribution is 1.27. The van der Waals surface area contributed by atoms with E-state index in [4.69, 9.17) is 0 Å². The summed E-state index contributed by atoms with van der Waals surface area (Å²) in [6.45, 7) is 0. The largest absolute Gasteiger partial charge is 0.310 e. The molecule has 0 amide bonds. The summed E-state index contributed by atoms with van der Waals surface area (Å²) in [4.78, 5) is 4.83. The van der Waals surface area contributed by atoms with E-state index in [0.717, 1.165) is 34.1 Å². The van der Waals surface area contributed by atoms with Crippen LogP contribution in [-0.4, -0.2) is 0 Å². The second kappa shape index (κ2) is 13.4. The van der Waals surface area contributed by atoms with Gasteiger partial charge in [-0.15, -0.1) is 0 Å². The van der Waals surface area contributed by atoms with E-state index < -0.39 is 0 Å². The van der Waals surface area contributed by atoms with Crippen molar-refractivity contribution < 1.29 is 0 Å². The Hall–Kier alpha value is -7.16. The average molecular weight is 689 g/mol. The van der Waals surface area contributed by atoms with Crippen molar-refractivity contribution in [1.29, 1.82) is 0 Å². The summed E-state index contributed by atoms with van der Waals surface area (Å²) in [6.07, 6.45) is 0. The molecule has 2 nitrogen and oxygen atoms in total. The van der Waals surface area contributed by atoms with E-state index >= 15 is 0 Å². The molecule has 0 heterocycles. The van der Waals surface area contributed by atoms with Crippen LogP contribution in [0.3, 0.4) is 0 Å². The third-order valence-electron chi connectivity index (χ3n) is 10.6. The molecule has 10 aromatic carbocycles. The first-order chi connectivity index (χ1) is 26.8. The van der Waals surface area contributed by atoms with Crippen LogP contribution < -0.4 is 9.80 Å². The van der Waals surface area contributed by atoms with Crippen molar-refractivity contribution in [2.75, 3.05) is 9.80 Å². The topological polar surface area (TPSA) is 6.48 Å². The van der Waals surface area contributed by atoms with Crippen molar-refractivity contribution in [2.24, 2.45) is 0 Å². The van der Waals surface area contributed by atoms with Crippen molar-refractivity contribution in [2.45, 2.75) is 0 Å². The van der Waals surface area contributed by atoms with Gasteiger partial charge in [-0.2, -0.15) is 0 Å². The number of hydrogen-bond acceptors (Lipinski definition) is 2. The minimum absolute atomic E-state index is 1.10. The number of benzene rings is 10. The molecule has 0 saturated heterocycles. The van der Waals surface area contributed by atoms with Crippen LogP contribution in [0.5, 0.6) is 0 Å². The number of rotatable bonds is 8. The van der Waals surface area contributed by atoms with Gasteiger partial charge in [0, 0.05) is 38.9 Å². The van der Waals surface area contributed by atoms with Crippen molar-refractivity contribution in [1.82, 2.24) is 0 Å². The Labute approximate surface area is 315 Å². The number of para-hydroxylation sites is 4. The highest BCUT2D eigenvalue weighted by molar-refractivity contribution is 6.32.